The van der Waals surface area contributed by atoms with Crippen molar-refractivity contribution >= 4 is 5.91 Å². The number of hydrogen-bond acceptors (Lipinski definition) is 3. The second kappa shape index (κ2) is 6.26. The summed E-state index contributed by atoms with van der Waals surface area (Å²) in [7, 11) is 0. The second-order valence-electron chi connectivity index (χ2n) is 7.07. The van der Waals surface area contributed by atoms with Gasteiger partial charge in [-0.05, 0) is 57.4 Å². The van der Waals surface area contributed by atoms with Crippen LogP contribution in [0.2, 0.25) is 0 Å². The number of benzene rings is 1. The Morgan fingerprint density at radius 3 is 2.64 bits per heavy atom. The number of rotatable bonds is 5. The molecule has 1 N–H and O–H groups in total. The zero-order chi connectivity index (χ0) is 17.6. The van der Waals surface area contributed by atoms with Gasteiger partial charge >= 0.3 is 0 Å². The van der Waals surface area contributed by atoms with Crippen LogP contribution >= 0.6 is 0 Å². The number of carbonyl (C=O) groups is 1. The van der Waals surface area contributed by atoms with Crippen molar-refractivity contribution in [3.8, 4) is 5.69 Å². The molecule has 4 rings (SSSR count). The highest BCUT2D eigenvalue weighted by Crippen LogP contribution is 2.31. The van der Waals surface area contributed by atoms with Crippen LogP contribution in [0.5, 0.6) is 0 Å². The van der Waals surface area contributed by atoms with E-state index in [1.807, 2.05) is 18.0 Å². The third-order valence-corrected chi connectivity index (χ3v) is 5.26. The highest BCUT2D eigenvalue weighted by Gasteiger charge is 2.40. The normalized spacial score (nSPS) is 21.8. The minimum atomic E-state index is -0.260. The van der Waals surface area contributed by atoms with E-state index in [4.69, 9.17) is 0 Å². The SMILES string of the molecule is Cc1c([C@@H](C)N[C@H]2CCN(C3CC3)C2=O)cnn1-c1ccc(F)cc1. The van der Waals surface area contributed by atoms with Crippen LogP contribution in [0.25, 0.3) is 5.69 Å². The summed E-state index contributed by atoms with van der Waals surface area (Å²) in [6.45, 7) is 4.92. The highest BCUT2D eigenvalue weighted by molar-refractivity contribution is 5.84. The number of nitrogens with zero attached hydrogens (tertiary/aromatic N) is 3. The van der Waals surface area contributed by atoms with Gasteiger partial charge in [-0.1, -0.05) is 0 Å². The summed E-state index contributed by atoms with van der Waals surface area (Å²) >= 11 is 0. The summed E-state index contributed by atoms with van der Waals surface area (Å²) in [5.41, 5.74) is 2.88. The van der Waals surface area contributed by atoms with E-state index in [9.17, 15) is 9.18 Å². The van der Waals surface area contributed by atoms with Crippen molar-refractivity contribution in [2.24, 2.45) is 0 Å². The predicted octanol–water partition coefficient (Wildman–Crippen LogP) is 2.73. The van der Waals surface area contributed by atoms with E-state index < -0.39 is 0 Å². The lowest BCUT2D eigenvalue weighted by atomic mass is 10.1. The van der Waals surface area contributed by atoms with Crippen molar-refractivity contribution < 1.29 is 9.18 Å². The third-order valence-electron chi connectivity index (χ3n) is 5.26. The van der Waals surface area contributed by atoms with E-state index in [2.05, 4.69) is 17.3 Å². The maximum absolute atomic E-state index is 13.1. The van der Waals surface area contributed by atoms with Crippen molar-refractivity contribution in [2.75, 3.05) is 6.54 Å². The topological polar surface area (TPSA) is 50.2 Å². The lowest BCUT2D eigenvalue weighted by molar-refractivity contribution is -0.130. The summed E-state index contributed by atoms with van der Waals surface area (Å²) in [4.78, 5) is 14.5. The average molecular weight is 342 g/mol. The molecule has 2 atom stereocenters. The minimum absolute atomic E-state index is 0.0299. The monoisotopic (exact) mass is 342 g/mol. The van der Waals surface area contributed by atoms with E-state index in [-0.39, 0.29) is 23.8 Å². The Morgan fingerprint density at radius 1 is 1.24 bits per heavy atom. The summed E-state index contributed by atoms with van der Waals surface area (Å²) in [6, 6.07) is 6.70. The first-order valence-corrected chi connectivity index (χ1v) is 8.91. The van der Waals surface area contributed by atoms with Gasteiger partial charge in [0.05, 0.1) is 17.9 Å². The molecule has 1 aliphatic heterocycles. The van der Waals surface area contributed by atoms with Crippen LogP contribution in [0.3, 0.4) is 0 Å². The molecule has 1 saturated carbocycles. The average Bonchev–Trinajstić information content (AvgIpc) is 3.28. The van der Waals surface area contributed by atoms with Crippen molar-refractivity contribution in [2.45, 2.75) is 51.2 Å². The number of halogens is 1. The number of hydrogen-bond donors (Lipinski definition) is 1. The van der Waals surface area contributed by atoms with Crippen LogP contribution in [0.15, 0.2) is 30.5 Å². The molecule has 132 valence electrons. The molecule has 0 bridgehead atoms. The molecule has 1 aliphatic carbocycles. The molecule has 2 aromatic rings. The Morgan fingerprint density at radius 2 is 1.96 bits per heavy atom. The van der Waals surface area contributed by atoms with Crippen molar-refractivity contribution in [1.29, 1.82) is 0 Å². The fraction of sp³-hybridized carbons (Fsp3) is 0.474. The molecular weight excluding hydrogens is 319 g/mol. The first-order valence-electron chi connectivity index (χ1n) is 8.91. The standard InChI is InChI=1S/C19H23FN4O/c1-12(22-18-9-10-23(19(18)25)15-7-8-15)17-11-21-24(13(17)2)16-5-3-14(20)4-6-16/h3-6,11-12,15,18,22H,7-10H2,1-2H3/t12-,18+/m1/s1. The van der Waals surface area contributed by atoms with Gasteiger partial charge in [0.2, 0.25) is 5.91 Å². The number of aromatic nitrogens is 2. The maximum Gasteiger partial charge on any atom is 0.240 e. The van der Waals surface area contributed by atoms with Crippen LogP contribution in [0.1, 0.15) is 43.5 Å². The van der Waals surface area contributed by atoms with Gasteiger partial charge in [-0.15, -0.1) is 0 Å². The first-order chi connectivity index (χ1) is 12.0. The van der Waals surface area contributed by atoms with Crippen molar-refractivity contribution in [3.63, 3.8) is 0 Å². The molecule has 1 aromatic heterocycles. The predicted molar refractivity (Wildman–Crippen MR) is 92.9 cm³/mol. The van der Waals surface area contributed by atoms with Crippen LogP contribution in [-0.2, 0) is 4.79 Å². The lowest BCUT2D eigenvalue weighted by Gasteiger charge is -2.20. The Labute approximate surface area is 146 Å². The molecule has 0 spiro atoms. The highest BCUT2D eigenvalue weighted by atomic mass is 19.1. The number of amides is 1. The Balaban J connectivity index is 1.48. The fourth-order valence-corrected chi connectivity index (χ4v) is 3.69. The Hall–Kier alpha value is -2.21. The summed E-state index contributed by atoms with van der Waals surface area (Å²) < 4.78 is 14.9. The smallest absolute Gasteiger partial charge is 0.240 e. The molecule has 25 heavy (non-hydrogen) atoms. The lowest BCUT2D eigenvalue weighted by Crippen LogP contribution is -2.40. The number of nitrogens with one attached hydrogen (secondary N) is 1. The van der Waals surface area contributed by atoms with E-state index >= 15 is 0 Å². The molecule has 1 saturated heterocycles. The van der Waals surface area contributed by atoms with Crippen LogP contribution < -0.4 is 5.32 Å². The minimum Gasteiger partial charge on any atom is -0.338 e. The zero-order valence-electron chi connectivity index (χ0n) is 14.6. The van der Waals surface area contributed by atoms with Gasteiger partial charge in [-0.3, -0.25) is 10.1 Å². The van der Waals surface area contributed by atoms with E-state index in [0.29, 0.717) is 6.04 Å². The van der Waals surface area contributed by atoms with Gasteiger partial charge in [-0.2, -0.15) is 5.10 Å². The van der Waals surface area contributed by atoms with Crippen LogP contribution in [0, 0.1) is 12.7 Å². The molecule has 2 heterocycles. The van der Waals surface area contributed by atoms with Crippen molar-refractivity contribution in [1.82, 2.24) is 20.0 Å². The maximum atomic E-state index is 13.1. The molecule has 5 nitrogen and oxygen atoms in total. The van der Waals surface area contributed by atoms with Gasteiger partial charge in [-0.25, -0.2) is 9.07 Å². The molecular formula is C19H23FN4O. The first kappa shape index (κ1) is 16.3. The fourth-order valence-electron chi connectivity index (χ4n) is 3.69. The van der Waals surface area contributed by atoms with Crippen molar-refractivity contribution in [3.05, 3.63) is 47.5 Å². The quantitative estimate of drug-likeness (QED) is 0.909. The molecule has 6 heteroatoms. The second-order valence-corrected chi connectivity index (χ2v) is 7.07. The Kier molecular flexibility index (Phi) is 4.07. The molecule has 0 unspecified atom stereocenters. The van der Waals surface area contributed by atoms with Crippen LogP contribution in [0.4, 0.5) is 4.39 Å². The summed E-state index contributed by atoms with van der Waals surface area (Å²) in [5.74, 6) is -0.0262. The van der Waals surface area contributed by atoms with E-state index in [1.165, 1.54) is 12.1 Å². The summed E-state index contributed by atoms with van der Waals surface area (Å²) in [5, 5.41) is 7.91. The largest absolute Gasteiger partial charge is 0.338 e. The van der Waals surface area contributed by atoms with Gasteiger partial charge < -0.3 is 4.90 Å². The molecule has 0 radical (unpaired) electrons. The van der Waals surface area contributed by atoms with Gasteiger partial charge in [0.1, 0.15) is 5.82 Å². The third kappa shape index (κ3) is 3.06. The van der Waals surface area contributed by atoms with Gasteiger partial charge in [0.25, 0.3) is 0 Å². The molecule has 1 amide bonds. The van der Waals surface area contributed by atoms with Gasteiger partial charge in [0.15, 0.2) is 0 Å². The van der Waals surface area contributed by atoms with Gasteiger partial charge in [0, 0.05) is 29.9 Å². The molecule has 2 aliphatic rings. The Bertz CT molecular complexity index is 781. The van der Waals surface area contributed by atoms with E-state index in [0.717, 1.165) is 42.8 Å². The molecule has 1 aromatic carbocycles. The van der Waals surface area contributed by atoms with Crippen LogP contribution in [-0.4, -0.2) is 39.2 Å². The number of carbonyl (C=O) groups excluding carboxylic acids is 1. The van der Waals surface area contributed by atoms with E-state index in [1.54, 1.807) is 16.8 Å². The zero-order valence-corrected chi connectivity index (χ0v) is 14.6. The summed E-state index contributed by atoms with van der Waals surface area (Å²) in [6.07, 6.45) is 4.99. The number of likely N-dealkylation sites (tertiary alicyclic amines) is 1. The molecule has 2 fully saturated rings.